The normalized spacial score (nSPS) is 11.0. The third-order valence-corrected chi connectivity index (χ3v) is 5.07. The highest BCUT2D eigenvalue weighted by molar-refractivity contribution is 9.10. The van der Waals surface area contributed by atoms with Crippen molar-refractivity contribution >= 4 is 15.9 Å². The Kier molecular flexibility index (Phi) is 9.11. The minimum absolute atomic E-state index is 0.529. The molecule has 0 amide bonds. The van der Waals surface area contributed by atoms with Crippen LogP contribution in [0.25, 0.3) is 0 Å². The van der Waals surface area contributed by atoms with Gasteiger partial charge in [0.05, 0.1) is 6.61 Å². The molecule has 2 rings (SSSR count). The molecule has 0 radical (unpaired) electrons. The van der Waals surface area contributed by atoms with Crippen molar-refractivity contribution < 1.29 is 9.47 Å². The van der Waals surface area contributed by atoms with Crippen molar-refractivity contribution in [2.75, 3.05) is 33.8 Å². The third kappa shape index (κ3) is 7.17. The van der Waals surface area contributed by atoms with Crippen LogP contribution < -0.4 is 14.8 Å². The van der Waals surface area contributed by atoms with Crippen LogP contribution in [-0.2, 0) is 13.2 Å². The Hall–Kier alpha value is -1.56. The maximum absolute atomic E-state index is 6.08. The largest absolute Gasteiger partial charge is 0.490 e. The quantitative estimate of drug-likeness (QED) is 0.516. The first-order chi connectivity index (χ1) is 13.0. The van der Waals surface area contributed by atoms with Gasteiger partial charge in [0.1, 0.15) is 6.61 Å². The molecule has 0 aliphatic heterocycles. The van der Waals surface area contributed by atoms with E-state index in [0.717, 1.165) is 42.0 Å². The molecule has 27 heavy (non-hydrogen) atoms. The molecule has 0 fully saturated rings. The monoisotopic (exact) mass is 434 g/mol. The van der Waals surface area contributed by atoms with E-state index in [0.29, 0.717) is 13.2 Å². The maximum Gasteiger partial charge on any atom is 0.162 e. The van der Waals surface area contributed by atoms with Crippen molar-refractivity contribution in [3.63, 3.8) is 0 Å². The smallest absolute Gasteiger partial charge is 0.162 e. The average Bonchev–Trinajstić information content (AvgIpc) is 2.63. The highest BCUT2D eigenvalue weighted by atomic mass is 79.9. The summed E-state index contributed by atoms with van der Waals surface area (Å²) in [5.74, 6) is 1.56. The van der Waals surface area contributed by atoms with E-state index in [2.05, 4.69) is 65.4 Å². The molecule has 0 saturated heterocycles. The van der Waals surface area contributed by atoms with Crippen LogP contribution in [0.1, 0.15) is 30.0 Å². The van der Waals surface area contributed by atoms with Gasteiger partial charge in [0.2, 0.25) is 0 Å². The Morgan fingerprint density at radius 2 is 1.78 bits per heavy atom. The molecule has 0 unspecified atom stereocenters. The van der Waals surface area contributed by atoms with Crippen LogP contribution >= 0.6 is 15.9 Å². The number of benzene rings is 2. The second-order valence-electron chi connectivity index (χ2n) is 6.87. The van der Waals surface area contributed by atoms with Crippen LogP contribution in [0.2, 0.25) is 0 Å². The van der Waals surface area contributed by atoms with Gasteiger partial charge in [0.15, 0.2) is 11.5 Å². The van der Waals surface area contributed by atoms with E-state index in [-0.39, 0.29) is 0 Å². The fraction of sp³-hybridized carbons (Fsp3) is 0.455. The molecule has 0 saturated carbocycles. The summed E-state index contributed by atoms with van der Waals surface area (Å²) in [6.07, 6.45) is 1.13. The first kappa shape index (κ1) is 21.7. The van der Waals surface area contributed by atoms with Gasteiger partial charge >= 0.3 is 0 Å². The van der Waals surface area contributed by atoms with Gasteiger partial charge in [-0.05, 0) is 76.3 Å². The highest BCUT2D eigenvalue weighted by Gasteiger charge is 2.11. The van der Waals surface area contributed by atoms with Crippen LogP contribution in [-0.4, -0.2) is 38.7 Å². The Morgan fingerprint density at radius 3 is 2.48 bits per heavy atom. The summed E-state index contributed by atoms with van der Waals surface area (Å²) in [6.45, 7) is 8.10. The second kappa shape index (κ2) is 11.3. The third-order valence-electron chi connectivity index (χ3n) is 4.33. The van der Waals surface area contributed by atoms with Crippen molar-refractivity contribution in [3.05, 3.63) is 57.6 Å². The van der Waals surface area contributed by atoms with Gasteiger partial charge in [-0.15, -0.1) is 0 Å². The van der Waals surface area contributed by atoms with E-state index in [1.54, 1.807) is 0 Å². The maximum atomic E-state index is 6.08. The molecule has 148 valence electrons. The zero-order valence-corrected chi connectivity index (χ0v) is 18.4. The molecule has 1 N–H and O–H groups in total. The minimum atomic E-state index is 0.529. The van der Waals surface area contributed by atoms with Gasteiger partial charge < -0.3 is 19.7 Å². The molecule has 0 aliphatic rings. The fourth-order valence-electron chi connectivity index (χ4n) is 2.76. The van der Waals surface area contributed by atoms with Gasteiger partial charge in [-0.3, -0.25) is 0 Å². The Balaban J connectivity index is 2.02. The number of hydrogen-bond donors (Lipinski definition) is 1. The summed E-state index contributed by atoms with van der Waals surface area (Å²) in [4.78, 5) is 2.20. The van der Waals surface area contributed by atoms with Crippen molar-refractivity contribution in [3.8, 4) is 11.5 Å². The summed E-state index contributed by atoms with van der Waals surface area (Å²) in [6, 6.07) is 12.4. The first-order valence-corrected chi connectivity index (χ1v) is 10.3. The molecule has 0 bridgehead atoms. The molecule has 5 heteroatoms. The molecule has 0 atom stereocenters. The van der Waals surface area contributed by atoms with E-state index in [1.165, 1.54) is 16.7 Å². The molecule has 4 nitrogen and oxygen atoms in total. The molecule has 2 aromatic rings. The van der Waals surface area contributed by atoms with Crippen molar-refractivity contribution in [1.29, 1.82) is 0 Å². The Bertz CT molecular complexity index is 719. The number of rotatable bonds is 11. The SMILES string of the molecule is CCOc1cc(CNCCCN(C)C)c(Br)cc1OCc1ccccc1C. The lowest BCUT2D eigenvalue weighted by molar-refractivity contribution is 0.268. The van der Waals surface area contributed by atoms with E-state index in [4.69, 9.17) is 9.47 Å². The van der Waals surface area contributed by atoms with Crippen molar-refractivity contribution in [1.82, 2.24) is 10.2 Å². The van der Waals surface area contributed by atoms with E-state index in [9.17, 15) is 0 Å². The molecular formula is C22H31BrN2O2. The second-order valence-corrected chi connectivity index (χ2v) is 7.73. The molecule has 2 aromatic carbocycles. The summed E-state index contributed by atoms with van der Waals surface area (Å²) in [7, 11) is 4.20. The number of halogens is 1. The average molecular weight is 435 g/mol. The standard InChI is InChI=1S/C22H31BrN2O2/c1-5-26-21-13-19(15-24-11-8-12-25(3)4)20(23)14-22(21)27-16-18-10-7-6-9-17(18)2/h6-7,9-10,13-14,24H,5,8,11-12,15-16H2,1-4H3. The van der Waals surface area contributed by atoms with Crippen LogP contribution in [0.4, 0.5) is 0 Å². The summed E-state index contributed by atoms with van der Waals surface area (Å²) < 4.78 is 12.9. The number of nitrogens with zero attached hydrogens (tertiary/aromatic N) is 1. The van der Waals surface area contributed by atoms with Gasteiger partial charge in [0.25, 0.3) is 0 Å². The molecule has 0 spiro atoms. The predicted octanol–water partition coefficient (Wildman–Crippen LogP) is 4.78. The van der Waals surface area contributed by atoms with Crippen molar-refractivity contribution in [2.24, 2.45) is 0 Å². The van der Waals surface area contributed by atoms with Crippen LogP contribution in [0, 0.1) is 6.92 Å². The Morgan fingerprint density at radius 1 is 1.04 bits per heavy atom. The van der Waals surface area contributed by atoms with Crippen molar-refractivity contribution in [2.45, 2.75) is 33.4 Å². The topological polar surface area (TPSA) is 33.7 Å². The number of hydrogen-bond acceptors (Lipinski definition) is 4. The molecule has 0 aromatic heterocycles. The first-order valence-electron chi connectivity index (χ1n) is 9.49. The van der Waals surface area contributed by atoms with Crippen LogP contribution in [0.3, 0.4) is 0 Å². The van der Waals surface area contributed by atoms with Gasteiger partial charge in [-0.2, -0.15) is 0 Å². The summed E-state index contributed by atoms with van der Waals surface area (Å²) in [5.41, 5.74) is 3.59. The zero-order chi connectivity index (χ0) is 19.6. The molecule has 0 heterocycles. The van der Waals surface area contributed by atoms with E-state index < -0.39 is 0 Å². The lowest BCUT2D eigenvalue weighted by Gasteiger charge is -2.16. The van der Waals surface area contributed by atoms with Gasteiger partial charge in [-0.25, -0.2) is 0 Å². The fourth-order valence-corrected chi connectivity index (χ4v) is 3.23. The molecule has 0 aliphatic carbocycles. The van der Waals surface area contributed by atoms with E-state index >= 15 is 0 Å². The van der Waals surface area contributed by atoms with Gasteiger partial charge in [0, 0.05) is 11.0 Å². The number of aryl methyl sites for hydroxylation is 1. The molecular weight excluding hydrogens is 404 g/mol. The minimum Gasteiger partial charge on any atom is -0.490 e. The van der Waals surface area contributed by atoms with E-state index in [1.807, 2.05) is 25.1 Å². The summed E-state index contributed by atoms with van der Waals surface area (Å²) >= 11 is 3.68. The predicted molar refractivity (Wildman–Crippen MR) is 116 cm³/mol. The summed E-state index contributed by atoms with van der Waals surface area (Å²) in [5, 5.41) is 3.50. The zero-order valence-electron chi connectivity index (χ0n) is 16.8. The number of ether oxygens (including phenoxy) is 2. The Labute approximate surface area is 172 Å². The van der Waals surface area contributed by atoms with Crippen LogP contribution in [0.15, 0.2) is 40.9 Å². The lowest BCUT2D eigenvalue weighted by atomic mass is 10.1. The van der Waals surface area contributed by atoms with Gasteiger partial charge in [-0.1, -0.05) is 40.2 Å². The number of nitrogens with one attached hydrogen (secondary N) is 1. The lowest BCUT2D eigenvalue weighted by Crippen LogP contribution is -2.21. The highest BCUT2D eigenvalue weighted by Crippen LogP contribution is 2.34. The van der Waals surface area contributed by atoms with Crippen LogP contribution in [0.5, 0.6) is 11.5 Å².